The van der Waals surface area contributed by atoms with Crippen molar-refractivity contribution < 1.29 is 9.13 Å². The first-order chi connectivity index (χ1) is 16.1. The summed E-state index contributed by atoms with van der Waals surface area (Å²) in [7, 11) is 0. The highest BCUT2D eigenvalue weighted by molar-refractivity contribution is 6.30. The molecule has 0 spiro atoms. The van der Waals surface area contributed by atoms with Crippen molar-refractivity contribution in [2.24, 2.45) is 0 Å². The Morgan fingerprint density at radius 3 is 2.06 bits per heavy atom. The van der Waals surface area contributed by atoms with Gasteiger partial charge in [0.15, 0.2) is 0 Å². The monoisotopic (exact) mass is 462 g/mol. The summed E-state index contributed by atoms with van der Waals surface area (Å²) in [5, 5.41) is 0.373. The summed E-state index contributed by atoms with van der Waals surface area (Å²) in [5.74, 6) is 6.44. The van der Waals surface area contributed by atoms with Crippen molar-refractivity contribution in [1.82, 2.24) is 0 Å². The van der Waals surface area contributed by atoms with E-state index in [-0.39, 0.29) is 0 Å². The molecule has 0 unspecified atom stereocenters. The standard InChI is InChI=1S/C30H32ClFO/c1-2-3-4-5-6-7-22-33-29-20-15-26(16-21-29)13-10-24-8-11-25(12-9-24)14-17-27-18-19-28(31)23-30(27)32/h8-9,11-12,15-16,18-21,23H,2-7,10,13,22H2,1H3. The molecule has 3 rings (SSSR count). The third-order valence-electron chi connectivity index (χ3n) is 5.62. The third kappa shape index (κ3) is 8.95. The molecular weight excluding hydrogens is 431 g/mol. The Balaban J connectivity index is 1.41. The molecule has 0 bridgehead atoms. The van der Waals surface area contributed by atoms with Crippen molar-refractivity contribution in [1.29, 1.82) is 0 Å². The van der Waals surface area contributed by atoms with E-state index in [9.17, 15) is 4.39 Å². The molecule has 172 valence electrons. The SMILES string of the molecule is CCCCCCCCOc1ccc(CCc2ccc(C#Cc3ccc(Cl)cc3F)cc2)cc1. The van der Waals surface area contributed by atoms with Crippen LogP contribution in [0.4, 0.5) is 4.39 Å². The predicted octanol–water partition coefficient (Wildman–Crippen LogP) is 8.40. The summed E-state index contributed by atoms with van der Waals surface area (Å²) in [5.41, 5.74) is 3.76. The summed E-state index contributed by atoms with van der Waals surface area (Å²) in [4.78, 5) is 0. The average molecular weight is 463 g/mol. The summed E-state index contributed by atoms with van der Waals surface area (Å²) >= 11 is 5.78. The quantitative estimate of drug-likeness (QED) is 0.205. The Labute approximate surface area is 203 Å². The van der Waals surface area contributed by atoms with Crippen molar-refractivity contribution >= 4 is 11.6 Å². The van der Waals surface area contributed by atoms with E-state index in [1.807, 2.05) is 12.1 Å². The van der Waals surface area contributed by atoms with Crippen LogP contribution >= 0.6 is 11.6 Å². The van der Waals surface area contributed by atoms with Crippen LogP contribution in [-0.4, -0.2) is 6.61 Å². The van der Waals surface area contributed by atoms with Crippen molar-refractivity contribution in [2.75, 3.05) is 6.61 Å². The van der Waals surface area contributed by atoms with E-state index in [1.165, 1.54) is 49.3 Å². The van der Waals surface area contributed by atoms with Crippen molar-refractivity contribution in [3.8, 4) is 17.6 Å². The molecule has 0 aliphatic carbocycles. The van der Waals surface area contributed by atoms with Gasteiger partial charge in [-0.05, 0) is 72.9 Å². The molecule has 0 heterocycles. The minimum Gasteiger partial charge on any atom is -0.494 e. The number of hydrogen-bond donors (Lipinski definition) is 0. The first kappa shape index (κ1) is 24.9. The predicted molar refractivity (Wildman–Crippen MR) is 137 cm³/mol. The maximum absolute atomic E-state index is 13.8. The molecule has 0 radical (unpaired) electrons. The van der Waals surface area contributed by atoms with Crippen LogP contribution in [0.5, 0.6) is 5.75 Å². The molecule has 0 saturated heterocycles. The molecule has 1 nitrogen and oxygen atoms in total. The van der Waals surface area contributed by atoms with Gasteiger partial charge in [-0.25, -0.2) is 4.39 Å². The first-order valence-corrected chi connectivity index (χ1v) is 12.3. The topological polar surface area (TPSA) is 9.23 Å². The van der Waals surface area contributed by atoms with Gasteiger partial charge in [-0.3, -0.25) is 0 Å². The molecular formula is C30H32ClFO. The Bertz CT molecular complexity index is 1050. The lowest BCUT2D eigenvalue weighted by atomic mass is 10.0. The van der Waals surface area contributed by atoms with Gasteiger partial charge < -0.3 is 4.74 Å². The fourth-order valence-corrected chi connectivity index (χ4v) is 3.76. The van der Waals surface area contributed by atoms with Gasteiger partial charge in [0, 0.05) is 10.6 Å². The van der Waals surface area contributed by atoms with Gasteiger partial charge in [-0.2, -0.15) is 0 Å². The summed E-state index contributed by atoms with van der Waals surface area (Å²) in [6, 6.07) is 21.1. The summed E-state index contributed by atoms with van der Waals surface area (Å²) in [6.45, 7) is 3.04. The Morgan fingerprint density at radius 2 is 1.39 bits per heavy atom. The molecule has 0 saturated carbocycles. The highest BCUT2D eigenvalue weighted by atomic mass is 35.5. The van der Waals surface area contributed by atoms with Crippen LogP contribution in [0, 0.1) is 17.7 Å². The second kappa shape index (κ2) is 13.7. The lowest BCUT2D eigenvalue weighted by Crippen LogP contribution is -1.98. The minimum atomic E-state index is -0.398. The molecule has 0 atom stereocenters. The van der Waals surface area contributed by atoms with Gasteiger partial charge in [-0.1, -0.05) is 86.7 Å². The number of unbranched alkanes of at least 4 members (excludes halogenated alkanes) is 5. The molecule has 0 fully saturated rings. The van der Waals surface area contributed by atoms with E-state index in [0.717, 1.165) is 37.2 Å². The lowest BCUT2D eigenvalue weighted by Gasteiger charge is -2.08. The molecule has 0 aliphatic rings. The summed E-state index contributed by atoms with van der Waals surface area (Å²) in [6.07, 6.45) is 9.58. The smallest absolute Gasteiger partial charge is 0.140 e. The van der Waals surface area contributed by atoms with Gasteiger partial charge >= 0.3 is 0 Å². The van der Waals surface area contributed by atoms with Crippen molar-refractivity contribution in [3.63, 3.8) is 0 Å². The largest absolute Gasteiger partial charge is 0.494 e. The third-order valence-corrected chi connectivity index (χ3v) is 5.85. The van der Waals surface area contributed by atoms with E-state index in [4.69, 9.17) is 16.3 Å². The minimum absolute atomic E-state index is 0.350. The van der Waals surface area contributed by atoms with Crippen LogP contribution in [0.15, 0.2) is 66.7 Å². The second-order valence-electron chi connectivity index (χ2n) is 8.33. The zero-order valence-corrected chi connectivity index (χ0v) is 20.1. The Kier molecular flexibility index (Phi) is 10.3. The number of rotatable bonds is 11. The fraction of sp³-hybridized carbons (Fsp3) is 0.333. The van der Waals surface area contributed by atoms with Gasteiger partial charge in [0.1, 0.15) is 11.6 Å². The molecule has 0 aliphatic heterocycles. The zero-order valence-electron chi connectivity index (χ0n) is 19.4. The molecule has 0 amide bonds. The van der Waals surface area contributed by atoms with Crippen molar-refractivity contribution in [2.45, 2.75) is 58.3 Å². The molecule has 3 aromatic rings. The number of ether oxygens (including phenoxy) is 1. The van der Waals surface area contributed by atoms with Gasteiger partial charge in [-0.15, -0.1) is 0 Å². The molecule has 3 aromatic carbocycles. The highest BCUT2D eigenvalue weighted by Gasteiger charge is 2.01. The van der Waals surface area contributed by atoms with E-state index in [2.05, 4.69) is 55.2 Å². The molecule has 0 N–H and O–H groups in total. The highest BCUT2D eigenvalue weighted by Crippen LogP contribution is 2.16. The first-order valence-electron chi connectivity index (χ1n) is 11.9. The average Bonchev–Trinajstić information content (AvgIpc) is 2.83. The second-order valence-corrected chi connectivity index (χ2v) is 8.77. The maximum atomic E-state index is 13.8. The lowest BCUT2D eigenvalue weighted by molar-refractivity contribution is 0.304. The maximum Gasteiger partial charge on any atom is 0.140 e. The Hall–Kier alpha value is -2.76. The van der Waals surface area contributed by atoms with Crippen molar-refractivity contribution in [3.05, 3.63) is 99.8 Å². The van der Waals surface area contributed by atoms with Gasteiger partial charge in [0.05, 0.1) is 12.2 Å². The van der Waals surface area contributed by atoms with Crippen LogP contribution < -0.4 is 4.74 Å². The van der Waals surface area contributed by atoms with E-state index in [1.54, 1.807) is 12.1 Å². The van der Waals surface area contributed by atoms with Crippen LogP contribution in [0.25, 0.3) is 0 Å². The molecule has 33 heavy (non-hydrogen) atoms. The van der Waals surface area contributed by atoms with E-state index >= 15 is 0 Å². The van der Waals surface area contributed by atoms with Gasteiger partial charge in [0.2, 0.25) is 0 Å². The van der Waals surface area contributed by atoms with Crippen LogP contribution in [0.2, 0.25) is 5.02 Å². The van der Waals surface area contributed by atoms with E-state index in [0.29, 0.717) is 10.6 Å². The number of hydrogen-bond acceptors (Lipinski definition) is 1. The van der Waals surface area contributed by atoms with Crippen LogP contribution in [0.1, 0.15) is 67.7 Å². The van der Waals surface area contributed by atoms with E-state index < -0.39 is 5.82 Å². The molecule has 0 aromatic heterocycles. The number of aryl methyl sites for hydroxylation is 2. The number of benzene rings is 3. The molecule has 3 heteroatoms. The number of halogens is 2. The fourth-order valence-electron chi connectivity index (χ4n) is 3.60. The van der Waals surface area contributed by atoms with Crippen LogP contribution in [-0.2, 0) is 12.8 Å². The zero-order chi connectivity index (χ0) is 23.3. The summed E-state index contributed by atoms with van der Waals surface area (Å²) < 4.78 is 19.7. The normalized spacial score (nSPS) is 10.5. The van der Waals surface area contributed by atoms with Crippen LogP contribution in [0.3, 0.4) is 0 Å². The Morgan fingerprint density at radius 1 is 0.758 bits per heavy atom. The van der Waals surface area contributed by atoms with Gasteiger partial charge in [0.25, 0.3) is 0 Å².